The molecule has 0 N–H and O–H groups in total. The fourth-order valence-corrected chi connectivity index (χ4v) is 3.50. The molecule has 3 atom stereocenters. The zero-order valence-electron chi connectivity index (χ0n) is 11.1. The molecule has 0 spiro atoms. The van der Waals surface area contributed by atoms with E-state index in [4.69, 9.17) is 9.47 Å². The van der Waals surface area contributed by atoms with Crippen LogP contribution in [0.1, 0.15) is 30.9 Å². The first kappa shape index (κ1) is 13.1. The van der Waals surface area contributed by atoms with Crippen LogP contribution in [0.5, 0.6) is 0 Å². The van der Waals surface area contributed by atoms with Gasteiger partial charge in [-0.05, 0) is 18.9 Å². The molecule has 1 heterocycles. The topological polar surface area (TPSA) is 52.6 Å². The lowest BCUT2D eigenvalue weighted by molar-refractivity contribution is -0.164. The van der Waals surface area contributed by atoms with Gasteiger partial charge in [-0.3, -0.25) is 9.59 Å². The third kappa shape index (κ3) is 1.58. The fraction of sp³-hybridized carbons (Fsp3) is 0.467. The number of ether oxygens (including phenoxy) is 2. The maximum atomic E-state index is 13.9. The molecule has 20 heavy (non-hydrogen) atoms. The Labute approximate surface area is 115 Å². The van der Waals surface area contributed by atoms with E-state index in [1.807, 2.05) is 0 Å². The average molecular weight is 278 g/mol. The van der Waals surface area contributed by atoms with Crippen molar-refractivity contribution in [2.75, 3.05) is 7.11 Å². The van der Waals surface area contributed by atoms with Crippen molar-refractivity contribution in [3.8, 4) is 0 Å². The van der Waals surface area contributed by atoms with Crippen molar-refractivity contribution in [2.45, 2.75) is 25.4 Å². The number of carbonyl (C=O) groups is 2. The van der Waals surface area contributed by atoms with E-state index in [2.05, 4.69) is 0 Å². The van der Waals surface area contributed by atoms with E-state index >= 15 is 0 Å². The lowest BCUT2D eigenvalue weighted by Gasteiger charge is -2.22. The van der Waals surface area contributed by atoms with E-state index < -0.39 is 29.3 Å². The van der Waals surface area contributed by atoms with Gasteiger partial charge in [-0.2, -0.15) is 0 Å². The lowest BCUT2D eigenvalue weighted by atomic mass is 9.76. The summed E-state index contributed by atoms with van der Waals surface area (Å²) in [5.41, 5.74) is -0.916. The van der Waals surface area contributed by atoms with Gasteiger partial charge in [0.15, 0.2) is 5.41 Å². The van der Waals surface area contributed by atoms with Crippen molar-refractivity contribution in [2.24, 2.45) is 11.3 Å². The zero-order valence-corrected chi connectivity index (χ0v) is 11.1. The van der Waals surface area contributed by atoms with Gasteiger partial charge in [0.2, 0.25) is 0 Å². The Morgan fingerprint density at radius 2 is 2.20 bits per heavy atom. The Morgan fingerprint density at radius 1 is 1.45 bits per heavy atom. The molecule has 0 unspecified atom stereocenters. The normalized spacial score (nSPS) is 31.8. The number of fused-ring (bicyclic) bond motifs is 1. The number of methoxy groups -OCH3 is 1. The second-order valence-electron chi connectivity index (χ2n) is 5.31. The molecule has 3 rings (SSSR count). The highest BCUT2D eigenvalue weighted by Gasteiger charge is 2.65. The summed E-state index contributed by atoms with van der Waals surface area (Å²) in [5.74, 6) is -1.92. The molecule has 1 aromatic carbocycles. The third-order valence-electron chi connectivity index (χ3n) is 4.44. The van der Waals surface area contributed by atoms with Crippen molar-refractivity contribution in [3.05, 3.63) is 35.6 Å². The van der Waals surface area contributed by atoms with Gasteiger partial charge in [-0.25, -0.2) is 4.39 Å². The van der Waals surface area contributed by atoms with Crippen LogP contribution >= 0.6 is 0 Å². The maximum absolute atomic E-state index is 13.9. The number of rotatable bonds is 2. The van der Waals surface area contributed by atoms with Gasteiger partial charge in [0.1, 0.15) is 11.9 Å². The molecule has 106 valence electrons. The molecule has 0 bridgehead atoms. The molecule has 2 fully saturated rings. The van der Waals surface area contributed by atoms with Crippen LogP contribution in [0.25, 0.3) is 0 Å². The van der Waals surface area contributed by atoms with E-state index in [0.29, 0.717) is 18.4 Å². The number of cyclic esters (lactones) is 1. The van der Waals surface area contributed by atoms with Crippen LogP contribution in [-0.4, -0.2) is 19.0 Å². The summed E-state index contributed by atoms with van der Waals surface area (Å²) in [7, 11) is 1.26. The number of hydrogen-bond acceptors (Lipinski definition) is 4. The van der Waals surface area contributed by atoms with Gasteiger partial charge in [0.25, 0.3) is 0 Å². The molecule has 1 saturated carbocycles. The molecule has 4 nitrogen and oxygen atoms in total. The second-order valence-corrected chi connectivity index (χ2v) is 5.31. The quantitative estimate of drug-likeness (QED) is 0.615. The van der Waals surface area contributed by atoms with Crippen LogP contribution < -0.4 is 0 Å². The molecule has 0 amide bonds. The molecule has 5 heteroatoms. The largest absolute Gasteiger partial charge is 0.468 e. The van der Waals surface area contributed by atoms with Gasteiger partial charge in [-0.15, -0.1) is 0 Å². The van der Waals surface area contributed by atoms with Crippen molar-refractivity contribution < 1.29 is 23.5 Å². The molecule has 1 saturated heterocycles. The Hall–Kier alpha value is -1.91. The maximum Gasteiger partial charge on any atom is 0.324 e. The monoisotopic (exact) mass is 278 g/mol. The number of esters is 2. The first-order valence-corrected chi connectivity index (χ1v) is 6.65. The second kappa shape index (κ2) is 4.58. The average Bonchev–Trinajstić information content (AvgIpc) is 2.99. The van der Waals surface area contributed by atoms with Crippen LogP contribution in [0.15, 0.2) is 24.3 Å². The summed E-state index contributed by atoms with van der Waals surface area (Å²) in [6, 6.07) is 6.20. The molecule has 1 aromatic rings. The molecular weight excluding hydrogens is 263 g/mol. The Bertz CT molecular complexity index is 571. The summed E-state index contributed by atoms with van der Waals surface area (Å²) in [4.78, 5) is 24.3. The van der Waals surface area contributed by atoms with Crippen molar-refractivity contribution >= 4 is 11.9 Å². The lowest BCUT2D eigenvalue weighted by Crippen LogP contribution is -2.39. The van der Waals surface area contributed by atoms with E-state index in [-0.39, 0.29) is 5.92 Å². The number of hydrogen-bond donors (Lipinski definition) is 0. The Balaban J connectivity index is 2.04. The fourth-order valence-electron chi connectivity index (χ4n) is 3.50. The van der Waals surface area contributed by atoms with Crippen molar-refractivity contribution in [1.29, 1.82) is 0 Å². The number of benzene rings is 1. The summed E-state index contributed by atoms with van der Waals surface area (Å²) < 4.78 is 24.1. The minimum absolute atomic E-state index is 0.332. The predicted octanol–water partition coefficient (Wildman–Crippen LogP) is 2.38. The van der Waals surface area contributed by atoms with Crippen LogP contribution in [-0.2, 0) is 19.1 Å². The highest BCUT2D eigenvalue weighted by atomic mass is 19.1. The molecule has 0 radical (unpaired) electrons. The summed E-state index contributed by atoms with van der Waals surface area (Å²) in [6.07, 6.45) is 1.10. The summed E-state index contributed by atoms with van der Waals surface area (Å²) >= 11 is 0. The molecule has 0 aromatic heterocycles. The minimum atomic E-state index is -1.25. The molecular formula is C15H15FO4. The molecule has 1 aliphatic heterocycles. The molecule has 2 aliphatic rings. The number of halogens is 1. The van der Waals surface area contributed by atoms with Gasteiger partial charge in [0, 0.05) is 11.5 Å². The van der Waals surface area contributed by atoms with Gasteiger partial charge < -0.3 is 9.47 Å². The van der Waals surface area contributed by atoms with Crippen molar-refractivity contribution in [1.82, 2.24) is 0 Å². The number of carbonyl (C=O) groups excluding carboxylic acids is 2. The zero-order chi connectivity index (χ0) is 14.3. The smallest absolute Gasteiger partial charge is 0.324 e. The standard InChI is InChI=1S/C15H15FO4/c1-19-13(17)15-8-4-6-10(15)12(20-14(15)18)9-5-2-3-7-11(9)16/h2-3,5,7,10,12H,4,6,8H2,1H3/t10-,12-,15-/m0/s1. The first-order chi connectivity index (χ1) is 9.61. The minimum Gasteiger partial charge on any atom is -0.468 e. The highest BCUT2D eigenvalue weighted by molar-refractivity contribution is 6.02. The third-order valence-corrected chi connectivity index (χ3v) is 4.44. The predicted molar refractivity (Wildman–Crippen MR) is 67.0 cm³/mol. The van der Waals surface area contributed by atoms with Crippen LogP contribution in [0.2, 0.25) is 0 Å². The van der Waals surface area contributed by atoms with Crippen molar-refractivity contribution in [3.63, 3.8) is 0 Å². The van der Waals surface area contributed by atoms with E-state index in [1.165, 1.54) is 13.2 Å². The highest BCUT2D eigenvalue weighted by Crippen LogP contribution is 2.57. The van der Waals surface area contributed by atoms with Crippen LogP contribution in [0.4, 0.5) is 4.39 Å². The van der Waals surface area contributed by atoms with Crippen LogP contribution in [0.3, 0.4) is 0 Å². The van der Waals surface area contributed by atoms with E-state index in [0.717, 1.165) is 6.42 Å². The van der Waals surface area contributed by atoms with Gasteiger partial charge >= 0.3 is 11.9 Å². The van der Waals surface area contributed by atoms with E-state index in [1.54, 1.807) is 18.2 Å². The first-order valence-electron chi connectivity index (χ1n) is 6.65. The van der Waals surface area contributed by atoms with E-state index in [9.17, 15) is 14.0 Å². The molecule has 1 aliphatic carbocycles. The van der Waals surface area contributed by atoms with Gasteiger partial charge in [-0.1, -0.05) is 24.6 Å². The van der Waals surface area contributed by atoms with Crippen LogP contribution in [0, 0.1) is 17.2 Å². The van der Waals surface area contributed by atoms with Gasteiger partial charge in [0.05, 0.1) is 7.11 Å². The SMILES string of the molecule is COC(=O)[C@]12CCC[C@H]1[C@H](c1ccccc1F)OC2=O. The summed E-state index contributed by atoms with van der Waals surface area (Å²) in [5, 5.41) is 0. The Morgan fingerprint density at radius 3 is 2.90 bits per heavy atom. The summed E-state index contributed by atoms with van der Waals surface area (Å²) in [6.45, 7) is 0. The Kier molecular flexibility index (Phi) is 3.00.